The van der Waals surface area contributed by atoms with Crippen molar-refractivity contribution in [2.75, 3.05) is 5.32 Å². The summed E-state index contributed by atoms with van der Waals surface area (Å²) in [6.45, 7) is 1.81. The van der Waals surface area contributed by atoms with Crippen LogP contribution in [0, 0.1) is 5.82 Å². The third kappa shape index (κ3) is 4.66. The van der Waals surface area contributed by atoms with Crippen LogP contribution in [-0.4, -0.2) is 10.9 Å². The number of anilines is 1. The molecule has 0 amide bonds. The fourth-order valence-electron chi connectivity index (χ4n) is 2.89. The Morgan fingerprint density at radius 1 is 1.11 bits per heavy atom. The lowest BCUT2D eigenvalue weighted by molar-refractivity contribution is -0.116. The average Bonchev–Trinajstić information content (AvgIpc) is 2.62. The maximum absolute atomic E-state index is 15.0. The lowest BCUT2D eigenvalue weighted by Gasteiger charge is -2.13. The zero-order valence-electron chi connectivity index (χ0n) is 14.8. The van der Waals surface area contributed by atoms with Crippen molar-refractivity contribution in [3.05, 3.63) is 82.6 Å². The fourth-order valence-corrected chi connectivity index (χ4v) is 3.08. The Balaban J connectivity index is 1.80. The van der Waals surface area contributed by atoms with Crippen LogP contribution in [0.4, 0.5) is 10.1 Å². The van der Waals surface area contributed by atoms with Crippen LogP contribution in [0.1, 0.15) is 18.1 Å². The van der Waals surface area contributed by atoms with Crippen LogP contribution in [0.15, 0.2) is 60.7 Å². The molecule has 0 aliphatic heterocycles. The summed E-state index contributed by atoms with van der Waals surface area (Å²) in [7, 11) is 0. The largest absolute Gasteiger partial charge is 0.507 e. The second kappa shape index (κ2) is 8.23. The van der Waals surface area contributed by atoms with Crippen LogP contribution in [0.25, 0.3) is 11.1 Å². The number of hydrogen-bond donors (Lipinski definition) is 2. The smallest absolute Gasteiger partial charge is 0.139 e. The van der Waals surface area contributed by atoms with Crippen LogP contribution in [0.5, 0.6) is 5.75 Å². The molecule has 3 aromatic rings. The Morgan fingerprint density at radius 2 is 1.85 bits per heavy atom. The molecule has 5 heteroatoms. The minimum atomic E-state index is -0.488. The fraction of sp³-hybridized carbons (Fsp3) is 0.136. The van der Waals surface area contributed by atoms with Crippen molar-refractivity contribution < 1.29 is 14.3 Å². The molecule has 0 spiro atoms. The minimum absolute atomic E-state index is 0.107. The second-order valence-corrected chi connectivity index (χ2v) is 6.81. The Hall–Kier alpha value is -2.85. The summed E-state index contributed by atoms with van der Waals surface area (Å²) in [5.41, 5.74) is 2.84. The number of nitrogens with one attached hydrogen (secondary N) is 1. The summed E-state index contributed by atoms with van der Waals surface area (Å²) in [5, 5.41) is 13.7. The summed E-state index contributed by atoms with van der Waals surface area (Å²) in [6.07, 6.45) is 0.399. The molecule has 0 saturated carbocycles. The molecular weight excluding hydrogens is 365 g/mol. The van der Waals surface area contributed by atoms with E-state index in [1.54, 1.807) is 37.3 Å². The summed E-state index contributed by atoms with van der Waals surface area (Å²) in [5.74, 6) is -0.513. The lowest BCUT2D eigenvalue weighted by atomic mass is 10.0. The Bertz CT molecular complexity index is 971. The standard InChI is InChI=1S/C22H19ClFNO2/c1-14(26)11-15-5-8-19(9-6-15)25-13-17-7-10-20(27)21(22(17)24)16-3-2-4-18(23)12-16/h2-10,12,25,27H,11,13H2,1H3. The number of rotatable bonds is 6. The van der Waals surface area contributed by atoms with Gasteiger partial charge in [-0.2, -0.15) is 0 Å². The highest BCUT2D eigenvalue weighted by molar-refractivity contribution is 6.30. The number of aromatic hydroxyl groups is 1. The highest BCUT2D eigenvalue weighted by Gasteiger charge is 2.15. The van der Waals surface area contributed by atoms with E-state index in [0.29, 0.717) is 22.6 Å². The van der Waals surface area contributed by atoms with Gasteiger partial charge in [-0.1, -0.05) is 41.9 Å². The molecule has 27 heavy (non-hydrogen) atoms. The highest BCUT2D eigenvalue weighted by atomic mass is 35.5. The first-order chi connectivity index (χ1) is 12.9. The van der Waals surface area contributed by atoms with Gasteiger partial charge in [0.05, 0.1) is 5.56 Å². The van der Waals surface area contributed by atoms with E-state index >= 15 is 0 Å². The van der Waals surface area contributed by atoms with Crippen LogP contribution >= 0.6 is 11.6 Å². The number of halogens is 2. The molecule has 138 valence electrons. The number of Topliss-reactive ketones (excluding diaryl/α,β-unsaturated/α-hetero) is 1. The Labute approximate surface area is 162 Å². The quantitative estimate of drug-likeness (QED) is 0.582. The third-order valence-electron chi connectivity index (χ3n) is 4.20. The van der Waals surface area contributed by atoms with Crippen LogP contribution in [-0.2, 0) is 17.8 Å². The number of carbonyl (C=O) groups excluding carboxylic acids is 1. The first-order valence-electron chi connectivity index (χ1n) is 8.52. The van der Waals surface area contributed by atoms with E-state index in [1.807, 2.05) is 24.3 Å². The number of carbonyl (C=O) groups is 1. The number of benzene rings is 3. The zero-order valence-corrected chi connectivity index (χ0v) is 15.6. The van der Waals surface area contributed by atoms with E-state index in [2.05, 4.69) is 5.32 Å². The molecule has 3 rings (SSSR count). The number of hydrogen-bond acceptors (Lipinski definition) is 3. The second-order valence-electron chi connectivity index (χ2n) is 6.37. The third-order valence-corrected chi connectivity index (χ3v) is 4.44. The van der Waals surface area contributed by atoms with E-state index in [0.717, 1.165) is 11.3 Å². The van der Waals surface area contributed by atoms with Gasteiger partial charge in [-0.3, -0.25) is 4.79 Å². The lowest BCUT2D eigenvalue weighted by Crippen LogP contribution is -2.03. The molecule has 0 unspecified atom stereocenters. The van der Waals surface area contributed by atoms with Crippen molar-refractivity contribution in [2.24, 2.45) is 0 Å². The minimum Gasteiger partial charge on any atom is -0.507 e. The van der Waals surface area contributed by atoms with E-state index in [4.69, 9.17) is 11.6 Å². The highest BCUT2D eigenvalue weighted by Crippen LogP contribution is 2.35. The molecule has 0 aliphatic carbocycles. The molecule has 0 bridgehead atoms. The van der Waals surface area contributed by atoms with Gasteiger partial charge in [-0.05, 0) is 48.4 Å². The number of phenols is 1. The van der Waals surface area contributed by atoms with Crippen LogP contribution in [0.3, 0.4) is 0 Å². The van der Waals surface area contributed by atoms with E-state index in [-0.39, 0.29) is 23.6 Å². The average molecular weight is 384 g/mol. The molecule has 0 heterocycles. The normalized spacial score (nSPS) is 10.6. The van der Waals surface area contributed by atoms with Gasteiger partial charge in [0.2, 0.25) is 0 Å². The first kappa shape index (κ1) is 18.9. The molecule has 3 nitrogen and oxygen atoms in total. The molecule has 0 aromatic heterocycles. The number of phenolic OH excluding ortho intramolecular Hbond substituents is 1. The zero-order chi connectivity index (χ0) is 19.4. The Morgan fingerprint density at radius 3 is 2.52 bits per heavy atom. The van der Waals surface area contributed by atoms with Crippen molar-refractivity contribution in [2.45, 2.75) is 19.9 Å². The van der Waals surface area contributed by atoms with Gasteiger partial charge in [-0.25, -0.2) is 4.39 Å². The molecule has 0 fully saturated rings. The molecular formula is C22H19ClFNO2. The first-order valence-corrected chi connectivity index (χ1v) is 8.90. The van der Waals surface area contributed by atoms with Crippen molar-refractivity contribution in [1.82, 2.24) is 0 Å². The molecule has 2 N–H and O–H groups in total. The molecule has 0 aliphatic rings. The summed E-state index contributed by atoms with van der Waals surface area (Å²) >= 11 is 5.99. The van der Waals surface area contributed by atoms with Crippen LogP contribution < -0.4 is 5.32 Å². The van der Waals surface area contributed by atoms with Crippen molar-refractivity contribution in [1.29, 1.82) is 0 Å². The maximum atomic E-state index is 15.0. The van der Waals surface area contributed by atoms with Crippen LogP contribution in [0.2, 0.25) is 5.02 Å². The van der Waals surface area contributed by atoms with Gasteiger partial charge in [0.1, 0.15) is 17.3 Å². The summed E-state index contributed by atoms with van der Waals surface area (Å²) < 4.78 is 15.0. The molecule has 0 saturated heterocycles. The molecule has 3 aromatic carbocycles. The predicted octanol–water partition coefficient (Wildman–Crippen LogP) is 5.60. The van der Waals surface area contributed by atoms with Gasteiger partial charge in [0.25, 0.3) is 0 Å². The molecule has 0 radical (unpaired) electrons. The van der Waals surface area contributed by atoms with Crippen molar-refractivity contribution in [3.8, 4) is 16.9 Å². The summed E-state index contributed by atoms with van der Waals surface area (Å²) in [4.78, 5) is 11.2. The monoisotopic (exact) mass is 383 g/mol. The van der Waals surface area contributed by atoms with Gasteiger partial charge in [0.15, 0.2) is 0 Å². The van der Waals surface area contributed by atoms with Gasteiger partial charge in [0, 0.05) is 29.2 Å². The molecule has 0 atom stereocenters. The van der Waals surface area contributed by atoms with Crippen molar-refractivity contribution in [3.63, 3.8) is 0 Å². The van der Waals surface area contributed by atoms with Crippen molar-refractivity contribution >= 4 is 23.1 Å². The number of ketones is 1. The summed E-state index contributed by atoms with van der Waals surface area (Å²) in [6, 6.07) is 17.2. The maximum Gasteiger partial charge on any atom is 0.139 e. The van der Waals surface area contributed by atoms with Gasteiger partial charge in [-0.15, -0.1) is 0 Å². The Kier molecular flexibility index (Phi) is 5.77. The van der Waals surface area contributed by atoms with E-state index in [9.17, 15) is 14.3 Å². The van der Waals surface area contributed by atoms with Gasteiger partial charge < -0.3 is 10.4 Å². The van der Waals surface area contributed by atoms with E-state index in [1.165, 1.54) is 6.07 Å². The van der Waals surface area contributed by atoms with E-state index < -0.39 is 5.82 Å². The predicted molar refractivity (Wildman–Crippen MR) is 107 cm³/mol. The topological polar surface area (TPSA) is 49.3 Å². The SMILES string of the molecule is CC(=O)Cc1ccc(NCc2ccc(O)c(-c3cccc(Cl)c3)c2F)cc1. The van der Waals surface area contributed by atoms with Gasteiger partial charge >= 0.3 is 0 Å².